The lowest BCUT2D eigenvalue weighted by Gasteiger charge is -2.30. The molecule has 4 heteroatoms. The van der Waals surface area contributed by atoms with Crippen LogP contribution in [-0.4, -0.2) is 29.5 Å². The highest BCUT2D eigenvalue weighted by atomic mass is 16.5. The number of hydrogen-bond donors (Lipinski definition) is 1. The van der Waals surface area contributed by atoms with Crippen LogP contribution >= 0.6 is 0 Å². The Morgan fingerprint density at radius 2 is 2.33 bits per heavy atom. The van der Waals surface area contributed by atoms with Crippen molar-refractivity contribution in [3.8, 4) is 5.75 Å². The van der Waals surface area contributed by atoms with Gasteiger partial charge in [0.15, 0.2) is 5.75 Å². The van der Waals surface area contributed by atoms with Crippen molar-refractivity contribution in [2.24, 2.45) is 7.05 Å². The van der Waals surface area contributed by atoms with E-state index < -0.39 is 0 Å². The van der Waals surface area contributed by atoms with Gasteiger partial charge in [0.1, 0.15) is 0 Å². The zero-order valence-corrected chi connectivity index (χ0v) is 11.8. The fraction of sp³-hybridized carbons (Fsp3) is 0.786. The van der Waals surface area contributed by atoms with Gasteiger partial charge in [-0.2, -0.15) is 5.10 Å². The van der Waals surface area contributed by atoms with Gasteiger partial charge in [-0.1, -0.05) is 13.3 Å². The fourth-order valence-electron chi connectivity index (χ4n) is 3.02. The summed E-state index contributed by atoms with van der Waals surface area (Å²) in [7, 11) is 3.75. The summed E-state index contributed by atoms with van der Waals surface area (Å²) in [6.07, 6.45) is 8.09. The van der Waals surface area contributed by atoms with Gasteiger partial charge in [-0.15, -0.1) is 0 Å². The molecule has 1 fully saturated rings. The molecule has 2 unspecified atom stereocenters. The molecule has 2 atom stereocenters. The smallest absolute Gasteiger partial charge is 0.160 e. The Balaban J connectivity index is 2.05. The molecule has 1 aromatic heterocycles. The third-order valence-electron chi connectivity index (χ3n) is 3.91. The Bertz CT molecular complexity index is 375. The molecule has 0 saturated heterocycles. The first-order valence-corrected chi connectivity index (χ1v) is 7.05. The highest BCUT2D eigenvalue weighted by molar-refractivity contribution is 5.29. The summed E-state index contributed by atoms with van der Waals surface area (Å²) >= 11 is 0. The first kappa shape index (κ1) is 13.4. The van der Waals surface area contributed by atoms with Crippen LogP contribution in [0.15, 0.2) is 6.20 Å². The quantitative estimate of drug-likeness (QED) is 0.873. The van der Waals surface area contributed by atoms with Gasteiger partial charge in [-0.25, -0.2) is 0 Å². The maximum absolute atomic E-state index is 5.43. The predicted molar refractivity (Wildman–Crippen MR) is 73.1 cm³/mol. The van der Waals surface area contributed by atoms with Gasteiger partial charge in [0.25, 0.3) is 0 Å². The molecule has 1 heterocycles. The van der Waals surface area contributed by atoms with Gasteiger partial charge in [-0.05, 0) is 32.2 Å². The summed E-state index contributed by atoms with van der Waals surface area (Å²) in [5.41, 5.74) is 1.26. The molecule has 0 aliphatic heterocycles. The standard InChI is InChI=1S/C14H25N3O/c1-4-8-15-12-7-5-6-11(9-12)14-13(18-3)10-16-17(14)2/h10-12,15H,4-9H2,1-3H3. The number of aryl methyl sites for hydroxylation is 1. The van der Waals surface area contributed by atoms with Crippen LogP contribution < -0.4 is 10.1 Å². The highest BCUT2D eigenvalue weighted by Crippen LogP contribution is 2.37. The summed E-state index contributed by atoms with van der Waals surface area (Å²) in [5.74, 6) is 1.52. The van der Waals surface area contributed by atoms with Crippen molar-refractivity contribution < 1.29 is 4.74 Å². The Morgan fingerprint density at radius 1 is 1.50 bits per heavy atom. The van der Waals surface area contributed by atoms with Crippen molar-refractivity contribution in [3.63, 3.8) is 0 Å². The molecular weight excluding hydrogens is 226 g/mol. The molecule has 2 rings (SSSR count). The molecule has 0 aromatic carbocycles. The van der Waals surface area contributed by atoms with E-state index >= 15 is 0 Å². The van der Waals surface area contributed by atoms with E-state index in [2.05, 4.69) is 17.3 Å². The molecule has 0 amide bonds. The van der Waals surface area contributed by atoms with E-state index in [0.29, 0.717) is 12.0 Å². The van der Waals surface area contributed by atoms with E-state index in [1.807, 2.05) is 17.9 Å². The average molecular weight is 251 g/mol. The van der Waals surface area contributed by atoms with Crippen molar-refractivity contribution in [1.82, 2.24) is 15.1 Å². The summed E-state index contributed by atoms with van der Waals surface area (Å²) in [5, 5.41) is 7.97. The molecule has 1 N–H and O–H groups in total. The Labute approximate surface area is 110 Å². The topological polar surface area (TPSA) is 39.1 Å². The second-order valence-electron chi connectivity index (χ2n) is 5.24. The molecule has 0 bridgehead atoms. The number of nitrogens with one attached hydrogen (secondary N) is 1. The molecule has 1 saturated carbocycles. The molecule has 0 spiro atoms. The van der Waals surface area contributed by atoms with Crippen molar-refractivity contribution >= 4 is 0 Å². The Morgan fingerprint density at radius 3 is 3.06 bits per heavy atom. The van der Waals surface area contributed by atoms with Crippen molar-refractivity contribution in [2.45, 2.75) is 51.0 Å². The first-order valence-electron chi connectivity index (χ1n) is 7.05. The molecule has 1 aromatic rings. The minimum absolute atomic E-state index is 0.579. The summed E-state index contributed by atoms with van der Waals surface area (Å²) in [4.78, 5) is 0. The van der Waals surface area contributed by atoms with Crippen molar-refractivity contribution in [2.75, 3.05) is 13.7 Å². The lowest BCUT2D eigenvalue weighted by molar-refractivity contribution is 0.321. The van der Waals surface area contributed by atoms with Gasteiger partial charge in [0, 0.05) is 19.0 Å². The molecule has 0 radical (unpaired) electrons. The fourth-order valence-corrected chi connectivity index (χ4v) is 3.02. The largest absolute Gasteiger partial charge is 0.493 e. The third kappa shape index (κ3) is 2.86. The number of rotatable bonds is 5. The minimum atomic E-state index is 0.579. The molecule has 102 valence electrons. The van der Waals surface area contributed by atoms with E-state index in [0.717, 1.165) is 12.3 Å². The second-order valence-corrected chi connectivity index (χ2v) is 5.24. The van der Waals surface area contributed by atoms with E-state index in [1.54, 1.807) is 7.11 Å². The first-order chi connectivity index (χ1) is 8.76. The zero-order valence-electron chi connectivity index (χ0n) is 11.8. The maximum atomic E-state index is 5.43. The zero-order chi connectivity index (χ0) is 13.0. The monoisotopic (exact) mass is 251 g/mol. The molecule has 4 nitrogen and oxygen atoms in total. The third-order valence-corrected chi connectivity index (χ3v) is 3.91. The lowest BCUT2D eigenvalue weighted by atomic mass is 9.83. The Kier molecular flexibility index (Phi) is 4.64. The average Bonchev–Trinajstić information content (AvgIpc) is 2.78. The minimum Gasteiger partial charge on any atom is -0.493 e. The van der Waals surface area contributed by atoms with Crippen LogP contribution in [0.4, 0.5) is 0 Å². The van der Waals surface area contributed by atoms with Crippen LogP contribution in [0.3, 0.4) is 0 Å². The second kappa shape index (κ2) is 6.23. The number of ether oxygens (including phenoxy) is 1. The molecule has 1 aliphatic carbocycles. The highest BCUT2D eigenvalue weighted by Gasteiger charge is 2.27. The summed E-state index contributed by atoms with van der Waals surface area (Å²) in [6.45, 7) is 3.34. The van der Waals surface area contributed by atoms with Crippen LogP contribution in [-0.2, 0) is 7.05 Å². The van der Waals surface area contributed by atoms with Gasteiger partial charge in [-0.3, -0.25) is 4.68 Å². The SMILES string of the molecule is CCCNC1CCCC(c2c(OC)cnn2C)C1. The van der Waals surface area contributed by atoms with Crippen LogP contribution in [0.5, 0.6) is 5.75 Å². The Hall–Kier alpha value is -1.03. The van der Waals surface area contributed by atoms with E-state index in [1.165, 1.54) is 37.8 Å². The van der Waals surface area contributed by atoms with Gasteiger partial charge in [0.2, 0.25) is 0 Å². The van der Waals surface area contributed by atoms with Crippen molar-refractivity contribution in [3.05, 3.63) is 11.9 Å². The molecular formula is C14H25N3O. The molecule has 18 heavy (non-hydrogen) atoms. The van der Waals surface area contributed by atoms with E-state index in [4.69, 9.17) is 4.74 Å². The van der Waals surface area contributed by atoms with Gasteiger partial charge >= 0.3 is 0 Å². The number of nitrogens with zero attached hydrogens (tertiary/aromatic N) is 2. The van der Waals surface area contributed by atoms with E-state index in [-0.39, 0.29) is 0 Å². The van der Waals surface area contributed by atoms with Crippen LogP contribution in [0, 0.1) is 0 Å². The van der Waals surface area contributed by atoms with Crippen LogP contribution in [0.25, 0.3) is 0 Å². The normalized spacial score (nSPS) is 24.2. The van der Waals surface area contributed by atoms with Gasteiger partial charge in [0.05, 0.1) is 19.0 Å². The number of methoxy groups -OCH3 is 1. The lowest BCUT2D eigenvalue weighted by Crippen LogP contribution is -2.34. The molecule has 1 aliphatic rings. The van der Waals surface area contributed by atoms with Crippen LogP contribution in [0.2, 0.25) is 0 Å². The summed E-state index contributed by atoms with van der Waals surface area (Å²) in [6, 6.07) is 0.656. The van der Waals surface area contributed by atoms with Crippen molar-refractivity contribution in [1.29, 1.82) is 0 Å². The summed E-state index contributed by atoms with van der Waals surface area (Å²) < 4.78 is 7.41. The predicted octanol–water partition coefficient (Wildman–Crippen LogP) is 2.45. The number of hydrogen-bond acceptors (Lipinski definition) is 3. The maximum Gasteiger partial charge on any atom is 0.160 e. The van der Waals surface area contributed by atoms with Gasteiger partial charge < -0.3 is 10.1 Å². The number of aromatic nitrogens is 2. The van der Waals surface area contributed by atoms with Crippen LogP contribution in [0.1, 0.15) is 50.6 Å². The van der Waals surface area contributed by atoms with E-state index in [9.17, 15) is 0 Å².